The van der Waals surface area contributed by atoms with Gasteiger partial charge in [-0.3, -0.25) is 9.69 Å². The normalized spacial score (nSPS) is 14.4. The van der Waals surface area contributed by atoms with Crippen LogP contribution in [-0.2, 0) is 27.2 Å². The molecule has 3 rings (SSSR count). The summed E-state index contributed by atoms with van der Waals surface area (Å²) in [5.41, 5.74) is 1.34. The fourth-order valence-electron chi connectivity index (χ4n) is 2.14. The Labute approximate surface area is 132 Å². The molecule has 1 aliphatic rings. The summed E-state index contributed by atoms with van der Waals surface area (Å²) in [6, 6.07) is 17.9. The molecule has 1 saturated heterocycles. The van der Waals surface area contributed by atoms with E-state index < -0.39 is 0 Å². The van der Waals surface area contributed by atoms with Gasteiger partial charge in [0.1, 0.15) is 6.54 Å². The number of anilines is 2. The molecule has 0 aliphatic carbocycles. The zero-order valence-electron chi connectivity index (χ0n) is 10.5. The standard InChI is InChI=1S/C15H12N2O2.Ag/c18-14-11-16(12-7-3-1-4-8-12)15(19)17(14)13-9-5-2-6-10-13;/h1-10H,11H2;. The van der Waals surface area contributed by atoms with Gasteiger partial charge in [0.15, 0.2) is 0 Å². The maximum atomic E-state index is 12.3. The van der Waals surface area contributed by atoms with E-state index in [1.54, 1.807) is 24.3 Å². The summed E-state index contributed by atoms with van der Waals surface area (Å²) in [5.74, 6) is -0.208. The molecule has 3 amide bonds. The van der Waals surface area contributed by atoms with Gasteiger partial charge >= 0.3 is 6.03 Å². The van der Waals surface area contributed by atoms with Crippen LogP contribution >= 0.6 is 0 Å². The van der Waals surface area contributed by atoms with Crippen molar-refractivity contribution in [3.05, 3.63) is 60.7 Å². The van der Waals surface area contributed by atoms with Gasteiger partial charge in [0, 0.05) is 28.1 Å². The smallest absolute Gasteiger partial charge is 0.284 e. The van der Waals surface area contributed by atoms with Crippen molar-refractivity contribution in [3.63, 3.8) is 0 Å². The minimum atomic E-state index is -0.303. The first-order chi connectivity index (χ1) is 9.27. The number of carbonyl (C=O) groups is 2. The molecule has 0 N–H and O–H groups in total. The first kappa shape index (κ1) is 14.5. The van der Waals surface area contributed by atoms with Gasteiger partial charge in [0.2, 0.25) is 0 Å². The van der Waals surface area contributed by atoms with E-state index in [0.29, 0.717) is 5.69 Å². The average molecular weight is 360 g/mol. The van der Waals surface area contributed by atoms with Crippen LogP contribution in [-0.4, -0.2) is 18.5 Å². The topological polar surface area (TPSA) is 40.6 Å². The first-order valence-corrected chi connectivity index (χ1v) is 6.02. The van der Waals surface area contributed by atoms with E-state index in [9.17, 15) is 9.59 Å². The van der Waals surface area contributed by atoms with Gasteiger partial charge in [-0.25, -0.2) is 9.69 Å². The Bertz CT molecular complexity index is 616. The van der Waals surface area contributed by atoms with Crippen LogP contribution in [0.5, 0.6) is 0 Å². The number of hydrogen-bond acceptors (Lipinski definition) is 2. The van der Waals surface area contributed by atoms with E-state index in [2.05, 4.69) is 0 Å². The van der Waals surface area contributed by atoms with Gasteiger partial charge in [-0.1, -0.05) is 36.4 Å². The molecule has 20 heavy (non-hydrogen) atoms. The number of carbonyl (C=O) groups excluding carboxylic acids is 2. The van der Waals surface area contributed by atoms with Crippen LogP contribution in [0.2, 0.25) is 0 Å². The Balaban J connectivity index is 0.00000147. The number of rotatable bonds is 2. The van der Waals surface area contributed by atoms with Crippen molar-refractivity contribution in [1.82, 2.24) is 0 Å². The maximum absolute atomic E-state index is 12.3. The van der Waals surface area contributed by atoms with Crippen molar-refractivity contribution in [2.75, 3.05) is 16.3 Å². The van der Waals surface area contributed by atoms with Gasteiger partial charge in [0.25, 0.3) is 5.91 Å². The van der Waals surface area contributed by atoms with E-state index in [1.807, 2.05) is 36.4 Å². The Hall–Kier alpha value is -1.88. The number of para-hydroxylation sites is 2. The van der Waals surface area contributed by atoms with Crippen molar-refractivity contribution in [3.8, 4) is 0 Å². The van der Waals surface area contributed by atoms with Crippen LogP contribution in [0, 0.1) is 0 Å². The van der Waals surface area contributed by atoms with E-state index in [4.69, 9.17) is 0 Å². The van der Waals surface area contributed by atoms with Crippen molar-refractivity contribution < 1.29 is 32.0 Å². The third kappa shape index (κ3) is 2.54. The molecule has 5 heteroatoms. The van der Waals surface area contributed by atoms with Crippen LogP contribution in [0.25, 0.3) is 0 Å². The first-order valence-electron chi connectivity index (χ1n) is 6.02. The summed E-state index contributed by atoms with van der Waals surface area (Å²) in [6.07, 6.45) is 0. The predicted octanol–water partition coefficient (Wildman–Crippen LogP) is 2.66. The van der Waals surface area contributed by atoms with Crippen LogP contribution in [0.1, 0.15) is 0 Å². The summed E-state index contributed by atoms with van der Waals surface area (Å²) in [7, 11) is 0. The van der Waals surface area contributed by atoms with Gasteiger partial charge in [-0.15, -0.1) is 0 Å². The molecular weight excluding hydrogens is 348 g/mol. The third-order valence-electron chi connectivity index (χ3n) is 3.05. The molecule has 4 nitrogen and oxygen atoms in total. The number of nitrogens with zero attached hydrogens (tertiary/aromatic N) is 2. The molecule has 0 saturated carbocycles. The van der Waals surface area contributed by atoms with Crippen LogP contribution in [0.3, 0.4) is 0 Å². The number of imide groups is 1. The number of urea groups is 1. The Kier molecular flexibility index (Phi) is 4.39. The fourth-order valence-corrected chi connectivity index (χ4v) is 2.14. The molecule has 0 aromatic heterocycles. The molecule has 0 unspecified atom stereocenters. The van der Waals surface area contributed by atoms with Crippen molar-refractivity contribution in [2.45, 2.75) is 0 Å². The zero-order chi connectivity index (χ0) is 13.2. The molecule has 0 spiro atoms. The molecule has 1 fully saturated rings. The van der Waals surface area contributed by atoms with E-state index in [-0.39, 0.29) is 40.9 Å². The minimum absolute atomic E-state index is 0. The number of hydrogen-bond donors (Lipinski definition) is 0. The minimum Gasteiger partial charge on any atom is -0.284 e. The number of benzene rings is 2. The Morgan fingerprint density at radius 3 is 1.80 bits per heavy atom. The predicted molar refractivity (Wildman–Crippen MR) is 73.1 cm³/mol. The van der Waals surface area contributed by atoms with Crippen molar-refractivity contribution in [2.24, 2.45) is 0 Å². The van der Waals surface area contributed by atoms with E-state index >= 15 is 0 Å². The molecule has 1 aliphatic heterocycles. The number of amides is 3. The third-order valence-corrected chi connectivity index (χ3v) is 3.05. The monoisotopic (exact) mass is 359 g/mol. The molecule has 1 heterocycles. The molecule has 0 bridgehead atoms. The van der Waals surface area contributed by atoms with E-state index in [0.717, 1.165) is 5.69 Å². The maximum Gasteiger partial charge on any atom is 0.336 e. The summed E-state index contributed by atoms with van der Waals surface area (Å²) >= 11 is 0. The molecule has 105 valence electrons. The summed E-state index contributed by atoms with van der Waals surface area (Å²) < 4.78 is 0. The summed E-state index contributed by atoms with van der Waals surface area (Å²) in [5, 5.41) is 0. The SMILES string of the molecule is O=C1CN(c2ccccc2)C(=O)N1c1ccccc1.[Ag]. The second-order valence-corrected chi connectivity index (χ2v) is 4.27. The molecule has 0 atom stereocenters. The van der Waals surface area contributed by atoms with Crippen LogP contribution in [0.15, 0.2) is 60.7 Å². The Morgan fingerprint density at radius 2 is 1.25 bits per heavy atom. The largest absolute Gasteiger partial charge is 0.336 e. The quantitative estimate of drug-likeness (QED) is 0.610. The van der Waals surface area contributed by atoms with E-state index in [1.165, 1.54) is 9.80 Å². The fraction of sp³-hybridized carbons (Fsp3) is 0.0667. The molecule has 2 aromatic carbocycles. The average Bonchev–Trinajstić information content (AvgIpc) is 2.76. The van der Waals surface area contributed by atoms with Gasteiger partial charge in [0.05, 0.1) is 5.69 Å². The van der Waals surface area contributed by atoms with Crippen molar-refractivity contribution >= 4 is 23.3 Å². The van der Waals surface area contributed by atoms with Crippen molar-refractivity contribution in [1.29, 1.82) is 0 Å². The molecular formula is C15H12AgN2O2. The second kappa shape index (κ2) is 6.05. The van der Waals surface area contributed by atoms with Gasteiger partial charge < -0.3 is 0 Å². The summed E-state index contributed by atoms with van der Waals surface area (Å²) in [4.78, 5) is 27.1. The van der Waals surface area contributed by atoms with Gasteiger partial charge in [-0.05, 0) is 24.3 Å². The van der Waals surface area contributed by atoms with Crippen LogP contribution < -0.4 is 9.80 Å². The molecule has 1 radical (unpaired) electrons. The molecule has 2 aromatic rings. The second-order valence-electron chi connectivity index (χ2n) is 4.27. The summed E-state index contributed by atoms with van der Waals surface area (Å²) in [6.45, 7) is 0.0811. The van der Waals surface area contributed by atoms with Gasteiger partial charge in [-0.2, -0.15) is 0 Å². The Morgan fingerprint density at radius 1 is 0.750 bits per heavy atom. The van der Waals surface area contributed by atoms with Crippen LogP contribution in [0.4, 0.5) is 16.2 Å². The zero-order valence-corrected chi connectivity index (χ0v) is 12.0.